The number of ether oxygens (including phenoxy) is 1. The van der Waals surface area contributed by atoms with E-state index in [1.54, 1.807) is 11.3 Å². The summed E-state index contributed by atoms with van der Waals surface area (Å²) >= 11 is 5.18. The average Bonchev–Trinajstić information content (AvgIpc) is 2.88. The highest BCUT2D eigenvalue weighted by molar-refractivity contribution is 9.10. The van der Waals surface area contributed by atoms with Gasteiger partial charge in [0.25, 0.3) is 0 Å². The van der Waals surface area contributed by atoms with Crippen molar-refractivity contribution < 1.29 is 4.74 Å². The summed E-state index contributed by atoms with van der Waals surface area (Å²) in [6.07, 6.45) is 1.14. The number of benzene rings is 1. The van der Waals surface area contributed by atoms with Gasteiger partial charge in [0.1, 0.15) is 12.4 Å². The van der Waals surface area contributed by atoms with Gasteiger partial charge in [-0.3, -0.25) is 0 Å². The third kappa shape index (κ3) is 4.33. The highest BCUT2D eigenvalue weighted by Gasteiger charge is 2.10. The minimum absolute atomic E-state index is 0.307. The molecule has 0 bridgehead atoms. The quantitative estimate of drug-likeness (QED) is 0.742. The predicted octanol–water partition coefficient (Wildman–Crippen LogP) is 5.15. The lowest BCUT2D eigenvalue weighted by atomic mass is 10.1. The van der Waals surface area contributed by atoms with Crippen molar-refractivity contribution in [2.45, 2.75) is 32.9 Å². The van der Waals surface area contributed by atoms with E-state index in [2.05, 4.69) is 58.7 Å². The number of halogens is 1. The molecule has 0 aliphatic rings. The second kappa shape index (κ2) is 7.81. The molecule has 1 aromatic carbocycles. The van der Waals surface area contributed by atoms with E-state index in [1.807, 2.05) is 12.1 Å². The molecular formula is C16H20BrNOS. The van der Waals surface area contributed by atoms with Crippen molar-refractivity contribution >= 4 is 27.3 Å². The topological polar surface area (TPSA) is 21.3 Å². The summed E-state index contributed by atoms with van der Waals surface area (Å²) in [4.78, 5) is 1.22. The first-order valence-corrected chi connectivity index (χ1v) is 8.56. The summed E-state index contributed by atoms with van der Waals surface area (Å²) in [6, 6.07) is 10.7. The molecule has 1 atom stereocenters. The molecule has 0 saturated heterocycles. The van der Waals surface area contributed by atoms with Crippen molar-refractivity contribution in [1.29, 1.82) is 0 Å². The number of hydrogen-bond donors (Lipinski definition) is 1. The van der Waals surface area contributed by atoms with Crippen LogP contribution in [0.25, 0.3) is 0 Å². The Balaban J connectivity index is 2.03. The fraction of sp³-hybridized carbons (Fsp3) is 0.375. The van der Waals surface area contributed by atoms with Crippen LogP contribution in [0.1, 0.15) is 36.8 Å². The Morgan fingerprint density at radius 2 is 2.15 bits per heavy atom. The summed E-state index contributed by atoms with van der Waals surface area (Å²) in [6.45, 7) is 6.00. The smallest absolute Gasteiger partial charge is 0.124 e. The van der Waals surface area contributed by atoms with Crippen LogP contribution >= 0.6 is 27.3 Å². The Bertz CT molecular complexity index is 541. The highest BCUT2D eigenvalue weighted by atomic mass is 79.9. The molecule has 0 aliphatic heterocycles. The van der Waals surface area contributed by atoms with Crippen molar-refractivity contribution in [2.24, 2.45) is 0 Å². The van der Waals surface area contributed by atoms with Gasteiger partial charge in [-0.15, -0.1) is 11.3 Å². The van der Waals surface area contributed by atoms with Crippen molar-refractivity contribution in [3.05, 3.63) is 50.6 Å². The number of para-hydroxylation sites is 1. The molecule has 0 saturated carbocycles. The summed E-state index contributed by atoms with van der Waals surface area (Å²) in [5.74, 6) is 0.966. The molecule has 0 spiro atoms. The molecule has 1 unspecified atom stereocenters. The second-order valence-corrected chi connectivity index (χ2v) is 6.65. The SMILES string of the molecule is CCCNC(C)c1ccccc1OCc1cc(Br)cs1. The van der Waals surface area contributed by atoms with Crippen LogP contribution in [0.15, 0.2) is 40.2 Å². The van der Waals surface area contributed by atoms with E-state index in [4.69, 9.17) is 4.74 Å². The van der Waals surface area contributed by atoms with Gasteiger partial charge < -0.3 is 10.1 Å². The summed E-state index contributed by atoms with van der Waals surface area (Å²) in [7, 11) is 0. The summed E-state index contributed by atoms with van der Waals surface area (Å²) < 4.78 is 7.11. The van der Waals surface area contributed by atoms with Gasteiger partial charge in [0.05, 0.1) is 0 Å². The van der Waals surface area contributed by atoms with Gasteiger partial charge in [-0.2, -0.15) is 0 Å². The van der Waals surface area contributed by atoms with Gasteiger partial charge in [-0.05, 0) is 48.0 Å². The Kier molecular flexibility index (Phi) is 6.07. The van der Waals surface area contributed by atoms with Crippen LogP contribution in [0.2, 0.25) is 0 Å². The molecule has 2 rings (SSSR count). The monoisotopic (exact) mass is 353 g/mol. The van der Waals surface area contributed by atoms with Crippen LogP contribution in [0.5, 0.6) is 5.75 Å². The lowest BCUT2D eigenvalue weighted by Crippen LogP contribution is -2.19. The van der Waals surface area contributed by atoms with E-state index < -0.39 is 0 Å². The molecule has 20 heavy (non-hydrogen) atoms. The Morgan fingerprint density at radius 3 is 2.85 bits per heavy atom. The molecule has 0 fully saturated rings. The van der Waals surface area contributed by atoms with Crippen molar-refractivity contribution in [1.82, 2.24) is 5.32 Å². The number of rotatable bonds is 7. The van der Waals surface area contributed by atoms with Gasteiger partial charge in [0.2, 0.25) is 0 Å². The number of thiophene rings is 1. The van der Waals surface area contributed by atoms with E-state index >= 15 is 0 Å². The minimum Gasteiger partial charge on any atom is -0.488 e. The summed E-state index contributed by atoms with van der Waals surface area (Å²) in [5, 5.41) is 5.59. The van der Waals surface area contributed by atoms with Gasteiger partial charge in [-0.1, -0.05) is 25.1 Å². The van der Waals surface area contributed by atoms with E-state index in [0.717, 1.165) is 23.2 Å². The van der Waals surface area contributed by atoms with E-state index in [0.29, 0.717) is 12.6 Å². The lowest BCUT2D eigenvalue weighted by molar-refractivity contribution is 0.303. The lowest BCUT2D eigenvalue weighted by Gasteiger charge is -2.17. The molecule has 0 amide bonds. The maximum Gasteiger partial charge on any atom is 0.124 e. The fourth-order valence-corrected chi connectivity index (χ4v) is 3.38. The zero-order valence-corrected chi connectivity index (χ0v) is 14.3. The van der Waals surface area contributed by atoms with Crippen LogP contribution in [0.3, 0.4) is 0 Å². The zero-order valence-electron chi connectivity index (χ0n) is 11.9. The average molecular weight is 354 g/mol. The Labute approximate surface area is 133 Å². The van der Waals surface area contributed by atoms with Crippen LogP contribution < -0.4 is 10.1 Å². The highest BCUT2D eigenvalue weighted by Crippen LogP contribution is 2.27. The van der Waals surface area contributed by atoms with Gasteiger partial charge >= 0.3 is 0 Å². The van der Waals surface area contributed by atoms with Crippen molar-refractivity contribution in [2.75, 3.05) is 6.54 Å². The third-order valence-corrected chi connectivity index (χ3v) is 4.75. The largest absolute Gasteiger partial charge is 0.488 e. The van der Waals surface area contributed by atoms with Crippen LogP contribution in [0, 0.1) is 0 Å². The standard InChI is InChI=1S/C16H20BrNOS/c1-3-8-18-12(2)15-6-4-5-7-16(15)19-10-14-9-13(17)11-20-14/h4-7,9,11-12,18H,3,8,10H2,1-2H3. The maximum absolute atomic E-state index is 5.99. The molecule has 0 radical (unpaired) electrons. The molecule has 1 heterocycles. The molecule has 4 heteroatoms. The molecule has 108 valence electrons. The number of hydrogen-bond acceptors (Lipinski definition) is 3. The molecule has 2 aromatic rings. The van der Waals surface area contributed by atoms with Crippen molar-refractivity contribution in [3.63, 3.8) is 0 Å². The Hall–Kier alpha value is -0.840. The first kappa shape index (κ1) is 15.5. The third-order valence-electron chi connectivity index (χ3n) is 3.08. The molecule has 2 nitrogen and oxygen atoms in total. The van der Waals surface area contributed by atoms with E-state index in [-0.39, 0.29) is 0 Å². The van der Waals surface area contributed by atoms with E-state index in [1.165, 1.54) is 10.4 Å². The van der Waals surface area contributed by atoms with Gasteiger partial charge in [0, 0.05) is 26.3 Å². The van der Waals surface area contributed by atoms with Gasteiger partial charge in [-0.25, -0.2) is 0 Å². The summed E-state index contributed by atoms with van der Waals surface area (Å²) in [5.41, 5.74) is 1.22. The van der Waals surface area contributed by atoms with Crippen LogP contribution in [0.4, 0.5) is 0 Å². The maximum atomic E-state index is 5.99. The van der Waals surface area contributed by atoms with Crippen LogP contribution in [-0.4, -0.2) is 6.54 Å². The van der Waals surface area contributed by atoms with Gasteiger partial charge in [0.15, 0.2) is 0 Å². The number of nitrogens with one attached hydrogen (secondary N) is 1. The van der Waals surface area contributed by atoms with Crippen molar-refractivity contribution in [3.8, 4) is 5.75 Å². The normalized spacial score (nSPS) is 12.3. The van der Waals surface area contributed by atoms with Crippen LogP contribution in [-0.2, 0) is 6.61 Å². The zero-order chi connectivity index (χ0) is 14.4. The first-order valence-electron chi connectivity index (χ1n) is 6.88. The van der Waals surface area contributed by atoms with E-state index in [9.17, 15) is 0 Å². The Morgan fingerprint density at radius 1 is 1.35 bits per heavy atom. The molecular weight excluding hydrogens is 334 g/mol. The molecule has 1 aromatic heterocycles. The predicted molar refractivity (Wildman–Crippen MR) is 89.5 cm³/mol. The minimum atomic E-state index is 0.307. The molecule has 0 aliphatic carbocycles. The first-order chi connectivity index (χ1) is 9.70. The fourth-order valence-electron chi connectivity index (χ4n) is 2.02. The second-order valence-electron chi connectivity index (χ2n) is 4.73. The molecule has 1 N–H and O–H groups in total.